The number of nitrogens with zero attached hydrogens (tertiary/aromatic N) is 2. The van der Waals surface area contributed by atoms with Crippen LogP contribution in [0.4, 0.5) is 13.2 Å². The minimum atomic E-state index is -4.38. The van der Waals surface area contributed by atoms with E-state index < -0.39 is 23.1 Å². The van der Waals surface area contributed by atoms with E-state index in [-0.39, 0.29) is 24.4 Å². The van der Waals surface area contributed by atoms with Crippen molar-refractivity contribution in [3.8, 4) is 0 Å². The van der Waals surface area contributed by atoms with Gasteiger partial charge in [-0.15, -0.1) is 0 Å². The number of rotatable bonds is 7. The predicted molar refractivity (Wildman–Crippen MR) is 125 cm³/mol. The zero-order chi connectivity index (χ0) is 26.1. The zero-order valence-corrected chi connectivity index (χ0v) is 20.3. The maximum atomic E-state index is 12.9. The lowest BCUT2D eigenvalue weighted by atomic mass is 9.80. The molecule has 2 N–H and O–H groups in total. The number of hydrogen-bond acceptors (Lipinski definition) is 5. The van der Waals surface area contributed by atoms with Gasteiger partial charge in [-0.3, -0.25) is 19.5 Å². The molecule has 1 aromatic carbocycles. The Bertz CT molecular complexity index is 1110. The lowest BCUT2D eigenvalue weighted by Crippen LogP contribution is -2.46. The molecule has 1 atom stereocenters. The van der Waals surface area contributed by atoms with Crippen molar-refractivity contribution >= 4 is 11.9 Å². The Kier molecular flexibility index (Phi) is 7.38. The van der Waals surface area contributed by atoms with Gasteiger partial charge in [-0.05, 0) is 48.1 Å². The fourth-order valence-corrected chi connectivity index (χ4v) is 5.03. The third-order valence-corrected chi connectivity index (χ3v) is 7.10. The van der Waals surface area contributed by atoms with E-state index in [0.717, 1.165) is 29.0 Å². The molecule has 194 valence electrons. The highest BCUT2D eigenvalue weighted by Gasteiger charge is 2.41. The van der Waals surface area contributed by atoms with E-state index >= 15 is 0 Å². The van der Waals surface area contributed by atoms with E-state index in [2.05, 4.69) is 29.0 Å². The van der Waals surface area contributed by atoms with Crippen LogP contribution in [0.3, 0.4) is 0 Å². The molecule has 10 heteroatoms. The van der Waals surface area contributed by atoms with Crippen molar-refractivity contribution in [3.05, 3.63) is 64.5 Å². The number of fused-ring (bicyclic) bond motifs is 1. The van der Waals surface area contributed by atoms with E-state index in [1.165, 1.54) is 18.3 Å². The average Bonchev–Trinajstić information content (AvgIpc) is 3.20. The number of carbonyl (C=O) groups excluding carboxylic acids is 1. The van der Waals surface area contributed by atoms with Gasteiger partial charge in [-0.2, -0.15) is 13.2 Å². The molecule has 1 unspecified atom stereocenters. The van der Waals surface area contributed by atoms with E-state index in [9.17, 15) is 27.9 Å². The van der Waals surface area contributed by atoms with Gasteiger partial charge in [0.15, 0.2) is 0 Å². The number of halogens is 3. The van der Waals surface area contributed by atoms with Crippen molar-refractivity contribution in [1.82, 2.24) is 15.2 Å². The van der Waals surface area contributed by atoms with Crippen LogP contribution in [0, 0.1) is 11.3 Å². The Morgan fingerprint density at radius 2 is 1.89 bits per heavy atom. The summed E-state index contributed by atoms with van der Waals surface area (Å²) in [7, 11) is 0. The number of alkyl halides is 3. The number of carboxylic acids is 1. The first-order chi connectivity index (χ1) is 17.0. The highest BCUT2D eigenvalue weighted by Crippen LogP contribution is 2.39. The molecule has 2 aromatic rings. The molecule has 36 heavy (non-hydrogen) atoms. The number of pyridine rings is 1. The number of ether oxygens (including phenoxy) is 1. The van der Waals surface area contributed by atoms with Crippen molar-refractivity contribution < 1.29 is 32.6 Å². The van der Waals surface area contributed by atoms with Crippen LogP contribution in [-0.2, 0) is 28.8 Å². The third kappa shape index (κ3) is 5.39. The maximum absolute atomic E-state index is 12.9. The molecule has 2 aliphatic rings. The van der Waals surface area contributed by atoms with Crippen molar-refractivity contribution in [2.75, 3.05) is 19.8 Å². The minimum Gasteiger partial charge on any atom is -0.481 e. The van der Waals surface area contributed by atoms with E-state index in [1.807, 2.05) is 0 Å². The maximum Gasteiger partial charge on any atom is 0.416 e. The molecule has 0 aliphatic carbocycles. The molecule has 3 heterocycles. The molecule has 1 aromatic heterocycles. The van der Waals surface area contributed by atoms with Crippen LogP contribution in [0.15, 0.2) is 36.5 Å². The molecule has 4 rings (SSSR count). The lowest BCUT2D eigenvalue weighted by molar-refractivity contribution is -0.154. The number of hydrogen-bond donors (Lipinski definition) is 2. The zero-order valence-electron chi connectivity index (χ0n) is 20.3. The van der Waals surface area contributed by atoms with E-state index in [0.29, 0.717) is 44.7 Å². The molecular formula is C26H30F3N3O4. The number of aliphatic carboxylic acids is 1. The van der Waals surface area contributed by atoms with E-state index in [4.69, 9.17) is 4.74 Å². The molecule has 0 saturated carbocycles. The van der Waals surface area contributed by atoms with Gasteiger partial charge < -0.3 is 15.2 Å². The highest BCUT2D eigenvalue weighted by atomic mass is 19.4. The van der Waals surface area contributed by atoms with Gasteiger partial charge >= 0.3 is 12.1 Å². The van der Waals surface area contributed by atoms with Crippen molar-refractivity contribution in [2.24, 2.45) is 11.3 Å². The van der Waals surface area contributed by atoms with Gasteiger partial charge in [0.05, 0.1) is 28.3 Å². The fourth-order valence-electron chi connectivity index (χ4n) is 5.03. The summed E-state index contributed by atoms with van der Waals surface area (Å²) in [5.41, 5.74) is 1.11. The first-order valence-electron chi connectivity index (χ1n) is 12.0. The molecule has 7 nitrogen and oxygen atoms in total. The van der Waals surface area contributed by atoms with Crippen LogP contribution in [-0.4, -0.2) is 46.6 Å². The molecule has 1 amide bonds. The van der Waals surface area contributed by atoms with Crippen LogP contribution in [0.2, 0.25) is 0 Å². The second kappa shape index (κ2) is 10.2. The Labute approximate surface area is 207 Å². The summed E-state index contributed by atoms with van der Waals surface area (Å²) in [5.74, 6) is -1.15. The van der Waals surface area contributed by atoms with Crippen molar-refractivity contribution in [2.45, 2.75) is 52.0 Å². The molecule has 0 spiro atoms. The molecule has 0 bridgehead atoms. The molecule has 2 aliphatic heterocycles. The summed E-state index contributed by atoms with van der Waals surface area (Å²) in [5, 5.41) is 12.5. The number of amides is 1. The Hall–Kier alpha value is -2.98. The van der Waals surface area contributed by atoms with Crippen molar-refractivity contribution in [3.63, 3.8) is 0 Å². The second-order valence-electron chi connectivity index (χ2n) is 9.94. The summed E-state index contributed by atoms with van der Waals surface area (Å²) >= 11 is 0. The van der Waals surface area contributed by atoms with Gasteiger partial charge in [-0.1, -0.05) is 26.0 Å². The Morgan fingerprint density at radius 3 is 2.47 bits per heavy atom. The SMILES string of the molecule is CC(C)C1c2ncc(C(=O)NCC3(C(=O)O)CCOCC3)cc2CN1Cc1ccc(C(F)(F)F)cc1. The van der Waals surface area contributed by atoms with Gasteiger partial charge in [0.1, 0.15) is 0 Å². The van der Waals surface area contributed by atoms with Crippen LogP contribution >= 0.6 is 0 Å². The predicted octanol–water partition coefficient (Wildman–Crippen LogP) is 4.42. The summed E-state index contributed by atoms with van der Waals surface area (Å²) < 4.78 is 44.0. The topological polar surface area (TPSA) is 91.8 Å². The lowest BCUT2D eigenvalue weighted by Gasteiger charge is -2.33. The largest absolute Gasteiger partial charge is 0.481 e. The number of aromatic nitrogens is 1. The Balaban J connectivity index is 1.47. The number of nitrogens with one attached hydrogen (secondary N) is 1. The fraction of sp³-hybridized carbons (Fsp3) is 0.500. The summed E-state index contributed by atoms with van der Waals surface area (Å²) in [6, 6.07) is 6.89. The van der Waals surface area contributed by atoms with Crippen molar-refractivity contribution in [1.29, 1.82) is 0 Å². The molecular weight excluding hydrogens is 475 g/mol. The van der Waals surface area contributed by atoms with Crippen LogP contribution in [0.1, 0.15) is 65.5 Å². The first-order valence-corrected chi connectivity index (χ1v) is 12.0. The molecule has 1 saturated heterocycles. The van der Waals surface area contributed by atoms with Gasteiger partial charge in [0.2, 0.25) is 0 Å². The monoisotopic (exact) mass is 505 g/mol. The number of carboxylic acid groups (broad SMARTS) is 1. The molecule has 1 fully saturated rings. The first kappa shape index (κ1) is 26.1. The normalized spacial score (nSPS) is 19.8. The standard InChI is InChI=1S/C26H30F3N3O4/c1-16(2)22-21-19(14-32(22)13-17-3-5-20(6-4-17)26(27,28)29)11-18(12-30-21)23(33)31-15-25(24(34)35)7-9-36-10-8-25/h3-6,11-12,16,22H,7-10,13-15H2,1-2H3,(H,31,33)(H,34,35). The Morgan fingerprint density at radius 1 is 1.22 bits per heavy atom. The van der Waals surface area contributed by atoms with Crippen LogP contribution < -0.4 is 5.32 Å². The van der Waals surface area contributed by atoms with E-state index in [1.54, 1.807) is 6.07 Å². The smallest absolute Gasteiger partial charge is 0.416 e. The minimum absolute atomic E-state index is 0.0102. The molecule has 0 radical (unpaired) electrons. The van der Waals surface area contributed by atoms with Gasteiger partial charge in [-0.25, -0.2) is 0 Å². The average molecular weight is 506 g/mol. The quantitative estimate of drug-likeness (QED) is 0.579. The summed E-state index contributed by atoms with van der Waals surface area (Å²) in [6.45, 7) is 5.76. The van der Waals surface area contributed by atoms with Gasteiger partial charge in [0.25, 0.3) is 5.91 Å². The third-order valence-electron chi connectivity index (χ3n) is 7.10. The second-order valence-corrected chi connectivity index (χ2v) is 9.94. The number of carbonyl (C=O) groups is 2. The number of benzene rings is 1. The van der Waals surface area contributed by atoms with Crippen LogP contribution in [0.5, 0.6) is 0 Å². The summed E-state index contributed by atoms with van der Waals surface area (Å²) in [6.07, 6.45) is -2.21. The van der Waals surface area contributed by atoms with Gasteiger partial charge in [0, 0.05) is 39.0 Å². The van der Waals surface area contributed by atoms with Crippen LogP contribution in [0.25, 0.3) is 0 Å². The summed E-state index contributed by atoms with van der Waals surface area (Å²) in [4.78, 5) is 31.5. The highest BCUT2D eigenvalue weighted by molar-refractivity contribution is 5.94.